The zero-order chi connectivity index (χ0) is 23.1. The molecule has 0 atom stereocenters. The van der Waals surface area contributed by atoms with E-state index in [0.29, 0.717) is 23.3 Å². The predicted molar refractivity (Wildman–Crippen MR) is 118 cm³/mol. The number of ketones is 1. The number of alkyl halides is 3. The molecule has 0 bridgehead atoms. The van der Waals surface area contributed by atoms with Gasteiger partial charge in [-0.3, -0.25) is 9.78 Å². The third-order valence-corrected chi connectivity index (χ3v) is 5.66. The normalized spacial score (nSPS) is 11.5. The van der Waals surface area contributed by atoms with E-state index in [-0.39, 0.29) is 28.5 Å². The Balaban J connectivity index is 1.78. The van der Waals surface area contributed by atoms with Gasteiger partial charge in [-0.1, -0.05) is 43.9 Å². The summed E-state index contributed by atoms with van der Waals surface area (Å²) >= 11 is 0.681. The van der Waals surface area contributed by atoms with Gasteiger partial charge in [0.2, 0.25) is 5.13 Å². The highest BCUT2D eigenvalue weighted by molar-refractivity contribution is 7.14. The summed E-state index contributed by atoms with van der Waals surface area (Å²) in [6.07, 6.45) is 2.80. The highest BCUT2D eigenvalue weighted by Gasteiger charge is 2.35. The van der Waals surface area contributed by atoms with E-state index >= 15 is 0 Å². The Kier molecular flexibility index (Phi) is 7.95. The van der Waals surface area contributed by atoms with Crippen LogP contribution in [0.4, 0.5) is 28.4 Å². The first-order chi connectivity index (χ1) is 15.3. The number of unbranched alkanes of at least 4 members (excludes halogenated alkanes) is 4. The molecule has 0 saturated carbocycles. The SMILES string of the molecule is CCCCCCCC(=O)c1ccc(Nc2nc(-c3cccnc3)c(F)s2)cc1C(F)(F)F. The molecule has 0 unspecified atom stereocenters. The maximum absolute atomic E-state index is 14.3. The van der Waals surface area contributed by atoms with E-state index in [2.05, 4.69) is 22.2 Å². The monoisotopic (exact) mass is 465 g/mol. The smallest absolute Gasteiger partial charge is 0.331 e. The summed E-state index contributed by atoms with van der Waals surface area (Å²) in [5.74, 6) is -0.528. The number of anilines is 2. The number of nitrogens with zero attached hydrogens (tertiary/aromatic N) is 2. The first-order valence-corrected chi connectivity index (χ1v) is 11.2. The molecule has 0 aliphatic rings. The van der Waals surface area contributed by atoms with E-state index in [1.807, 2.05) is 0 Å². The quantitative estimate of drug-likeness (QED) is 0.190. The van der Waals surface area contributed by atoms with Crippen LogP contribution in [0.3, 0.4) is 0 Å². The molecule has 2 heterocycles. The van der Waals surface area contributed by atoms with Gasteiger partial charge in [0.15, 0.2) is 10.9 Å². The maximum atomic E-state index is 14.3. The molecule has 170 valence electrons. The minimum Gasteiger partial charge on any atom is -0.331 e. The predicted octanol–water partition coefficient (Wildman–Crippen LogP) is 7.65. The zero-order valence-electron chi connectivity index (χ0n) is 17.5. The molecule has 0 spiro atoms. The van der Waals surface area contributed by atoms with Crippen LogP contribution < -0.4 is 5.32 Å². The highest BCUT2D eigenvalue weighted by Crippen LogP contribution is 2.36. The molecule has 0 aliphatic carbocycles. The van der Waals surface area contributed by atoms with E-state index < -0.39 is 22.7 Å². The van der Waals surface area contributed by atoms with Gasteiger partial charge in [0.05, 0.1) is 5.56 Å². The molecule has 2 aromatic heterocycles. The Morgan fingerprint density at radius 1 is 1.12 bits per heavy atom. The lowest BCUT2D eigenvalue weighted by molar-refractivity contribution is -0.137. The van der Waals surface area contributed by atoms with Crippen molar-refractivity contribution < 1.29 is 22.4 Å². The van der Waals surface area contributed by atoms with Crippen LogP contribution >= 0.6 is 11.3 Å². The number of benzene rings is 1. The summed E-state index contributed by atoms with van der Waals surface area (Å²) in [6.45, 7) is 2.07. The minimum absolute atomic E-state index is 0.0662. The van der Waals surface area contributed by atoms with Crippen LogP contribution in [-0.4, -0.2) is 15.8 Å². The van der Waals surface area contributed by atoms with Crippen LogP contribution in [-0.2, 0) is 6.18 Å². The van der Waals surface area contributed by atoms with E-state index in [0.717, 1.165) is 31.7 Å². The van der Waals surface area contributed by atoms with Crippen molar-refractivity contribution in [3.63, 3.8) is 0 Å². The number of hydrogen-bond donors (Lipinski definition) is 1. The largest absolute Gasteiger partial charge is 0.417 e. The number of hydrogen-bond acceptors (Lipinski definition) is 5. The molecule has 3 rings (SSSR count). The number of carbonyl (C=O) groups excluding carboxylic acids is 1. The highest BCUT2D eigenvalue weighted by atomic mass is 32.1. The Hall–Kier alpha value is -2.81. The lowest BCUT2D eigenvalue weighted by Gasteiger charge is -2.14. The van der Waals surface area contributed by atoms with Crippen molar-refractivity contribution in [3.8, 4) is 11.3 Å². The molecule has 0 amide bonds. The minimum atomic E-state index is -4.69. The lowest BCUT2D eigenvalue weighted by Crippen LogP contribution is -2.13. The number of thiazole rings is 1. The van der Waals surface area contributed by atoms with E-state index in [9.17, 15) is 22.4 Å². The van der Waals surface area contributed by atoms with Gasteiger partial charge in [-0.05, 0) is 36.8 Å². The zero-order valence-corrected chi connectivity index (χ0v) is 18.3. The van der Waals surface area contributed by atoms with E-state index in [4.69, 9.17) is 0 Å². The van der Waals surface area contributed by atoms with E-state index in [1.54, 1.807) is 18.3 Å². The van der Waals surface area contributed by atoms with Gasteiger partial charge in [-0.2, -0.15) is 17.6 Å². The summed E-state index contributed by atoms with van der Waals surface area (Å²) in [6, 6.07) is 6.69. The topological polar surface area (TPSA) is 54.9 Å². The molecule has 0 saturated heterocycles. The molecule has 0 fully saturated rings. The van der Waals surface area contributed by atoms with E-state index in [1.165, 1.54) is 18.3 Å². The molecular formula is C23H23F4N3OS. The summed E-state index contributed by atoms with van der Waals surface area (Å²) in [7, 11) is 0. The third kappa shape index (κ3) is 6.12. The van der Waals surface area contributed by atoms with Gasteiger partial charge in [0.25, 0.3) is 0 Å². The Bertz CT molecular complexity index is 1050. The van der Waals surface area contributed by atoms with Crippen molar-refractivity contribution >= 4 is 27.9 Å². The first-order valence-electron chi connectivity index (χ1n) is 10.4. The van der Waals surface area contributed by atoms with Gasteiger partial charge < -0.3 is 5.32 Å². The van der Waals surface area contributed by atoms with Crippen molar-refractivity contribution in [2.45, 2.75) is 51.6 Å². The number of Topliss-reactive ketones (excluding diaryl/α,β-unsaturated/α-hetero) is 1. The third-order valence-electron chi connectivity index (χ3n) is 4.90. The summed E-state index contributed by atoms with van der Waals surface area (Å²) in [5.41, 5.74) is -0.754. The second kappa shape index (κ2) is 10.7. The number of nitrogens with one attached hydrogen (secondary N) is 1. The van der Waals surface area contributed by atoms with Crippen LogP contribution in [0.5, 0.6) is 0 Å². The van der Waals surface area contributed by atoms with Crippen LogP contribution in [0, 0.1) is 5.13 Å². The van der Waals surface area contributed by atoms with Crippen LogP contribution in [0.2, 0.25) is 0 Å². The fourth-order valence-electron chi connectivity index (χ4n) is 3.28. The van der Waals surface area contributed by atoms with Crippen LogP contribution in [0.1, 0.15) is 61.4 Å². The molecule has 3 aromatic rings. The number of aromatic nitrogens is 2. The Labute approximate surface area is 187 Å². The number of carbonyl (C=O) groups is 1. The molecule has 0 aliphatic heterocycles. The van der Waals surface area contributed by atoms with Crippen molar-refractivity contribution in [3.05, 3.63) is 59.0 Å². The molecule has 1 N–H and O–H groups in total. The first kappa shape index (κ1) is 23.8. The molecule has 1 aromatic carbocycles. The van der Waals surface area contributed by atoms with Crippen LogP contribution in [0.15, 0.2) is 42.7 Å². The average molecular weight is 466 g/mol. The van der Waals surface area contributed by atoms with Gasteiger partial charge in [0.1, 0.15) is 5.69 Å². The van der Waals surface area contributed by atoms with Gasteiger partial charge in [0, 0.05) is 35.6 Å². The second-order valence-corrected chi connectivity index (χ2v) is 8.30. The number of pyridine rings is 1. The summed E-state index contributed by atoms with van der Waals surface area (Å²) in [4.78, 5) is 20.5. The number of halogens is 4. The molecule has 0 radical (unpaired) electrons. The van der Waals surface area contributed by atoms with Gasteiger partial charge >= 0.3 is 6.18 Å². The fourth-order valence-corrected chi connectivity index (χ4v) is 4.02. The molecule has 9 heteroatoms. The average Bonchev–Trinajstić information content (AvgIpc) is 3.13. The Morgan fingerprint density at radius 3 is 2.59 bits per heavy atom. The van der Waals surface area contributed by atoms with Crippen molar-refractivity contribution in [1.29, 1.82) is 0 Å². The molecule has 4 nitrogen and oxygen atoms in total. The van der Waals surface area contributed by atoms with Gasteiger partial charge in [-0.25, -0.2) is 4.98 Å². The fraction of sp³-hybridized carbons (Fsp3) is 0.348. The maximum Gasteiger partial charge on any atom is 0.417 e. The second-order valence-electron chi connectivity index (χ2n) is 7.35. The van der Waals surface area contributed by atoms with Gasteiger partial charge in [-0.15, -0.1) is 0 Å². The number of rotatable bonds is 10. The molecule has 32 heavy (non-hydrogen) atoms. The van der Waals surface area contributed by atoms with Crippen LogP contribution in [0.25, 0.3) is 11.3 Å². The van der Waals surface area contributed by atoms with Crippen molar-refractivity contribution in [2.24, 2.45) is 0 Å². The lowest BCUT2D eigenvalue weighted by atomic mass is 9.98. The standard InChI is InChI=1S/C23H23F4N3OS/c1-2-3-4-5-6-9-19(31)17-11-10-16(13-18(17)23(25,26)27)29-22-30-20(21(24)32-22)15-8-7-12-28-14-15/h7-8,10-14H,2-6,9H2,1H3,(H,29,30). The summed E-state index contributed by atoms with van der Waals surface area (Å²) in [5, 5.41) is 2.24. The summed E-state index contributed by atoms with van der Waals surface area (Å²) < 4.78 is 55.2. The Morgan fingerprint density at radius 2 is 1.91 bits per heavy atom. The van der Waals surface area contributed by atoms with Crippen molar-refractivity contribution in [1.82, 2.24) is 9.97 Å². The molecular weight excluding hydrogens is 442 g/mol. The van der Waals surface area contributed by atoms with Crippen molar-refractivity contribution in [2.75, 3.05) is 5.32 Å².